The summed E-state index contributed by atoms with van der Waals surface area (Å²) in [6, 6.07) is 21.8. The number of aromatic carboxylic acids is 1. The minimum atomic E-state index is -4.43. The van der Waals surface area contributed by atoms with Gasteiger partial charge in [0.1, 0.15) is 24.4 Å². The van der Waals surface area contributed by atoms with Crippen molar-refractivity contribution >= 4 is 16.7 Å². The molecule has 0 spiro atoms. The number of hydrogen-bond donors (Lipinski definition) is 5. The van der Waals surface area contributed by atoms with Gasteiger partial charge in [-0.3, -0.25) is 0 Å². The van der Waals surface area contributed by atoms with Crippen LogP contribution in [-0.2, 0) is 17.3 Å². The lowest BCUT2D eigenvalue weighted by atomic mass is 9.87. The summed E-state index contributed by atoms with van der Waals surface area (Å²) >= 11 is 0. The highest BCUT2D eigenvalue weighted by Crippen LogP contribution is 2.37. The van der Waals surface area contributed by atoms with Crippen LogP contribution < -0.4 is 0 Å². The van der Waals surface area contributed by atoms with Crippen molar-refractivity contribution in [1.29, 1.82) is 0 Å². The molecule has 0 aliphatic carbocycles. The number of aromatic nitrogens is 3. The Morgan fingerprint density at radius 1 is 0.849 bits per heavy atom. The van der Waals surface area contributed by atoms with Crippen LogP contribution in [0.5, 0.6) is 0 Å². The zero-order valence-corrected chi connectivity index (χ0v) is 28.5. The number of benzene rings is 4. The largest absolute Gasteiger partial charge is 0.478 e. The summed E-state index contributed by atoms with van der Waals surface area (Å²) in [6.45, 7) is 1.97. The molecule has 0 radical (unpaired) electrons. The highest BCUT2D eigenvalue weighted by atomic mass is 19.4. The van der Waals surface area contributed by atoms with Gasteiger partial charge in [0, 0.05) is 13.0 Å². The fraction of sp³-hybridized carbons (Fsp3) is 0.359. The summed E-state index contributed by atoms with van der Waals surface area (Å²) in [5.74, 6) is -0.726. The molecule has 5 atom stereocenters. The summed E-state index contributed by atoms with van der Waals surface area (Å²) in [6.07, 6.45) is -6.83. The van der Waals surface area contributed by atoms with Crippen LogP contribution in [0, 0.1) is 0 Å². The predicted octanol–water partition coefficient (Wildman–Crippen LogP) is 4.88. The summed E-state index contributed by atoms with van der Waals surface area (Å²) in [7, 11) is 0. The van der Waals surface area contributed by atoms with Gasteiger partial charge in [-0.05, 0) is 101 Å². The van der Waals surface area contributed by atoms with Gasteiger partial charge in [-0.25, -0.2) is 9.48 Å². The van der Waals surface area contributed by atoms with Gasteiger partial charge in [-0.15, -0.1) is 5.10 Å². The first-order chi connectivity index (χ1) is 25.4. The molecule has 0 saturated carbocycles. The van der Waals surface area contributed by atoms with Crippen molar-refractivity contribution in [3.8, 4) is 22.3 Å². The number of aliphatic hydroxyl groups excluding tert-OH is 4. The first-order valence-electron chi connectivity index (χ1n) is 17.4. The van der Waals surface area contributed by atoms with Crippen LogP contribution in [-0.4, -0.2) is 102 Å². The normalized spacial score (nSPS) is 23.0. The first kappa shape index (κ1) is 36.6. The summed E-state index contributed by atoms with van der Waals surface area (Å²) in [4.78, 5) is 14.4. The Morgan fingerprint density at radius 2 is 1.53 bits per heavy atom. The molecule has 5 N–H and O–H groups in total. The summed E-state index contributed by atoms with van der Waals surface area (Å²) < 4.78 is 46.1. The molecule has 2 aliphatic heterocycles. The van der Waals surface area contributed by atoms with Crippen molar-refractivity contribution in [2.75, 3.05) is 26.2 Å². The van der Waals surface area contributed by atoms with Gasteiger partial charge in [0.25, 0.3) is 0 Å². The number of aliphatic hydroxyl groups is 4. The summed E-state index contributed by atoms with van der Waals surface area (Å²) in [5.41, 5.74) is 4.14. The van der Waals surface area contributed by atoms with Crippen LogP contribution in [0.2, 0.25) is 0 Å². The first-order valence-corrected chi connectivity index (χ1v) is 17.4. The molecule has 2 aliphatic rings. The zero-order chi connectivity index (χ0) is 37.4. The minimum absolute atomic E-state index is 0.116. The third-order valence-corrected chi connectivity index (χ3v) is 10.4. The van der Waals surface area contributed by atoms with Gasteiger partial charge in [-0.2, -0.15) is 13.2 Å². The topological polar surface area (TPSA) is 161 Å². The molecule has 11 nitrogen and oxygen atoms in total. The van der Waals surface area contributed by atoms with Crippen LogP contribution in [0.15, 0.2) is 85.1 Å². The lowest BCUT2D eigenvalue weighted by Gasteiger charge is -2.39. The number of carbonyl (C=O) groups is 1. The maximum atomic E-state index is 13.1. The van der Waals surface area contributed by atoms with E-state index in [1.54, 1.807) is 24.4 Å². The average molecular weight is 733 g/mol. The highest BCUT2D eigenvalue weighted by Gasteiger charge is 2.44. The van der Waals surface area contributed by atoms with Crippen molar-refractivity contribution in [2.45, 2.75) is 62.0 Å². The van der Waals surface area contributed by atoms with E-state index < -0.39 is 55.0 Å². The molecule has 0 bridgehead atoms. The summed E-state index contributed by atoms with van der Waals surface area (Å²) in [5, 5.41) is 59.6. The van der Waals surface area contributed by atoms with Gasteiger partial charge in [-0.1, -0.05) is 53.7 Å². The molecule has 4 aromatic carbocycles. The number of rotatable bonds is 9. The fourth-order valence-corrected chi connectivity index (χ4v) is 7.31. The van der Waals surface area contributed by atoms with E-state index >= 15 is 0 Å². The molecule has 0 unspecified atom stereocenters. The van der Waals surface area contributed by atoms with E-state index in [-0.39, 0.29) is 5.56 Å². The maximum Gasteiger partial charge on any atom is 0.416 e. The Morgan fingerprint density at radius 3 is 2.19 bits per heavy atom. The molecular formula is C39H39F3N4O7. The molecule has 53 heavy (non-hydrogen) atoms. The van der Waals surface area contributed by atoms with Crippen LogP contribution >= 0.6 is 0 Å². The Bertz CT molecular complexity index is 2060. The third-order valence-electron chi connectivity index (χ3n) is 10.4. The Balaban J connectivity index is 0.990. The SMILES string of the molecule is O=C(O)c1cc(-c2ccc(C3CCN(CCc4cn([C@@H]5O[C@H](CO)[C@@H](O)[C@H](O)[C@H]5O)nn4)CC3)cc2)c2ccc(-c3ccc(C(F)(F)F)cc3)cc2c1. The van der Waals surface area contributed by atoms with Gasteiger partial charge in [0.15, 0.2) is 6.23 Å². The van der Waals surface area contributed by atoms with Crippen molar-refractivity contribution in [2.24, 2.45) is 0 Å². The molecule has 5 aromatic rings. The van der Waals surface area contributed by atoms with E-state index in [0.717, 1.165) is 61.1 Å². The molecular weight excluding hydrogens is 693 g/mol. The van der Waals surface area contributed by atoms with E-state index in [1.807, 2.05) is 24.3 Å². The average Bonchev–Trinajstić information content (AvgIpc) is 3.64. The van der Waals surface area contributed by atoms with Crippen LogP contribution in [0.3, 0.4) is 0 Å². The Kier molecular flexibility index (Phi) is 10.4. The highest BCUT2D eigenvalue weighted by molar-refractivity contribution is 6.04. The quantitative estimate of drug-likeness (QED) is 0.141. The standard InChI is InChI=1S/C39H39F3N4O7/c40-39(41,42)29-8-5-23(6-9-29)26-7-10-31-27(17-26)18-28(38(51)52)19-32(31)25-3-1-22(2-4-25)24-11-14-45(15-12-24)16-13-30-20-46(44-43-30)37-36(50)35(49)34(48)33(21-47)53-37/h1-10,17-20,24,33-37,47-50H,11-16,21H2,(H,51,52)/t33-,34-,35+,36-,37-/m1/s1. The second-order valence-electron chi connectivity index (χ2n) is 13.7. The molecule has 3 heterocycles. The van der Waals surface area contributed by atoms with E-state index in [9.17, 15) is 43.5 Å². The van der Waals surface area contributed by atoms with Crippen molar-refractivity contribution in [3.63, 3.8) is 0 Å². The smallest absolute Gasteiger partial charge is 0.416 e. The van der Waals surface area contributed by atoms with Crippen molar-refractivity contribution in [1.82, 2.24) is 19.9 Å². The number of piperidine rings is 1. The Hall–Kier alpha value is -4.70. The second kappa shape index (κ2) is 15.0. The predicted molar refractivity (Wildman–Crippen MR) is 188 cm³/mol. The molecule has 14 heteroatoms. The lowest BCUT2D eigenvalue weighted by molar-refractivity contribution is -0.254. The Labute approximate surface area is 302 Å². The van der Waals surface area contributed by atoms with E-state index in [1.165, 1.54) is 22.4 Å². The van der Waals surface area contributed by atoms with Gasteiger partial charge < -0.3 is 35.2 Å². The van der Waals surface area contributed by atoms with E-state index in [2.05, 4.69) is 27.3 Å². The molecule has 2 fully saturated rings. The monoisotopic (exact) mass is 732 g/mol. The van der Waals surface area contributed by atoms with Crippen molar-refractivity contribution < 1.29 is 48.2 Å². The lowest BCUT2D eigenvalue weighted by Crippen LogP contribution is -2.56. The van der Waals surface area contributed by atoms with Gasteiger partial charge in [0.05, 0.1) is 29.6 Å². The number of alkyl halides is 3. The molecule has 278 valence electrons. The third kappa shape index (κ3) is 7.70. The number of halogens is 3. The van der Waals surface area contributed by atoms with E-state index in [4.69, 9.17) is 4.74 Å². The van der Waals surface area contributed by atoms with Gasteiger partial charge >= 0.3 is 12.1 Å². The van der Waals surface area contributed by atoms with Gasteiger partial charge in [0.2, 0.25) is 0 Å². The van der Waals surface area contributed by atoms with Crippen LogP contribution in [0.1, 0.15) is 52.2 Å². The fourth-order valence-electron chi connectivity index (χ4n) is 7.31. The van der Waals surface area contributed by atoms with Crippen LogP contribution in [0.4, 0.5) is 13.2 Å². The van der Waals surface area contributed by atoms with Crippen molar-refractivity contribution in [3.05, 3.63) is 107 Å². The number of hydrogen-bond acceptors (Lipinski definition) is 9. The van der Waals surface area contributed by atoms with Crippen LogP contribution in [0.25, 0.3) is 33.0 Å². The number of likely N-dealkylation sites (tertiary alicyclic amines) is 1. The molecule has 2 saturated heterocycles. The molecule has 0 amide bonds. The minimum Gasteiger partial charge on any atom is -0.478 e. The number of carboxylic acids is 1. The maximum absolute atomic E-state index is 13.1. The number of ether oxygens (including phenoxy) is 1. The number of carboxylic acid groups (broad SMARTS) is 1. The number of nitrogens with zero attached hydrogens (tertiary/aromatic N) is 4. The molecule has 1 aromatic heterocycles. The van der Waals surface area contributed by atoms with E-state index in [0.29, 0.717) is 34.5 Å². The second-order valence-corrected chi connectivity index (χ2v) is 13.7. The number of fused-ring (bicyclic) bond motifs is 1. The zero-order valence-electron chi connectivity index (χ0n) is 28.5. The molecule has 7 rings (SSSR count).